The molecule has 3 N–H and O–H groups in total. The molecule has 0 heterocycles. The highest BCUT2D eigenvalue weighted by Crippen LogP contribution is 1.79. The van der Waals surface area contributed by atoms with Gasteiger partial charge in [0.1, 0.15) is 0 Å². The van der Waals surface area contributed by atoms with E-state index in [1.807, 2.05) is 0 Å². The summed E-state index contributed by atoms with van der Waals surface area (Å²) in [5.74, 6) is 4.23. The molecule has 42 valence electrons. The van der Waals surface area contributed by atoms with E-state index in [4.69, 9.17) is 4.55 Å². The first-order chi connectivity index (χ1) is 3.06. The summed E-state index contributed by atoms with van der Waals surface area (Å²) in [6.07, 6.45) is 0. The molecule has 6 nitrogen and oxygen atoms in total. The van der Waals surface area contributed by atoms with Crippen LogP contribution in [0, 0.1) is 0 Å². The Kier molecular flexibility index (Phi) is 1.66. The lowest BCUT2D eigenvalue weighted by Gasteiger charge is -1.74. The summed E-state index contributed by atoms with van der Waals surface area (Å²) >= 11 is 0. The van der Waals surface area contributed by atoms with Crippen molar-refractivity contribution in [2.45, 2.75) is 0 Å². The summed E-state index contributed by atoms with van der Waals surface area (Å²) in [6.45, 7) is 0. The molecule has 0 spiro atoms. The lowest BCUT2D eigenvalue weighted by atomic mass is 12.8. The third-order valence-corrected chi connectivity index (χ3v) is 0.451. The Balaban J connectivity index is 4.13. The standard InChI is InChI=1S/H3N3O3S/c1-2-3-7(4,5)6/h(H2,1,3)(H,4,5,6). The van der Waals surface area contributed by atoms with Gasteiger partial charge in [-0.1, -0.05) is 5.22 Å². The monoisotopic (exact) mass is 125 g/mol. The zero-order chi connectivity index (χ0) is 5.91. The number of nitrogens with two attached hydrogens (primary N) is 1. The lowest BCUT2D eigenvalue weighted by molar-refractivity contribution is 0.481. The first-order valence-corrected chi connectivity index (χ1v) is 2.55. The second-order valence-corrected chi connectivity index (χ2v) is 1.70. The topological polar surface area (TPSA) is 105 Å². The molecule has 0 fully saturated rings. The highest BCUT2D eigenvalue weighted by atomic mass is 32.2. The van der Waals surface area contributed by atoms with Gasteiger partial charge in [-0.2, -0.15) is 8.42 Å². The van der Waals surface area contributed by atoms with Gasteiger partial charge >= 0.3 is 10.3 Å². The molecule has 0 saturated carbocycles. The summed E-state index contributed by atoms with van der Waals surface area (Å²) in [6, 6.07) is 0. The molecule has 0 aromatic heterocycles. The molecule has 0 aromatic carbocycles. The predicted octanol–water partition coefficient (Wildman–Crippen LogP) is -0.885. The predicted molar refractivity (Wildman–Crippen MR) is 20.6 cm³/mol. The smallest absolute Gasteiger partial charge is 0.304 e. The molecule has 0 aliphatic rings. The van der Waals surface area contributed by atoms with Crippen molar-refractivity contribution in [2.75, 3.05) is 0 Å². The van der Waals surface area contributed by atoms with Crippen LogP contribution in [0.25, 0.3) is 0 Å². The minimum absolute atomic E-state index is 2.19. The van der Waals surface area contributed by atoms with Crippen molar-refractivity contribution in [3.05, 3.63) is 0 Å². The van der Waals surface area contributed by atoms with Crippen LogP contribution in [0.3, 0.4) is 0 Å². The van der Waals surface area contributed by atoms with Crippen LogP contribution in [0.2, 0.25) is 0 Å². The molecule has 0 unspecified atom stereocenters. The van der Waals surface area contributed by atoms with Crippen LogP contribution in [-0.2, 0) is 10.3 Å². The Morgan fingerprint density at radius 3 is 2.00 bits per heavy atom. The van der Waals surface area contributed by atoms with Crippen LogP contribution in [0.1, 0.15) is 0 Å². The molecule has 0 amide bonds. The van der Waals surface area contributed by atoms with Gasteiger partial charge in [-0.3, -0.25) is 4.55 Å². The largest absolute Gasteiger partial charge is 0.397 e. The Labute approximate surface area is 39.9 Å². The Morgan fingerprint density at radius 2 is 2.00 bits per heavy atom. The highest BCUT2D eigenvalue weighted by molar-refractivity contribution is 7.84. The maximum absolute atomic E-state index is 9.45. The summed E-state index contributed by atoms with van der Waals surface area (Å²) in [5.41, 5.74) is 0. The van der Waals surface area contributed by atoms with E-state index in [1.165, 1.54) is 0 Å². The quantitative estimate of drug-likeness (QED) is 0.205. The van der Waals surface area contributed by atoms with Gasteiger partial charge in [0.05, 0.1) is 0 Å². The van der Waals surface area contributed by atoms with Gasteiger partial charge < -0.3 is 5.84 Å². The first-order valence-electron chi connectivity index (χ1n) is 1.16. The summed E-state index contributed by atoms with van der Waals surface area (Å²) in [7, 11) is -4.34. The van der Waals surface area contributed by atoms with E-state index in [1.54, 1.807) is 0 Å². The number of nitrogens with zero attached hydrogens (tertiary/aromatic N) is 2. The molecule has 0 radical (unpaired) electrons. The SMILES string of the molecule is N/N=N\S(=O)(=O)O. The van der Waals surface area contributed by atoms with Crippen molar-refractivity contribution >= 4 is 10.3 Å². The van der Waals surface area contributed by atoms with E-state index in [2.05, 4.69) is 15.6 Å². The van der Waals surface area contributed by atoms with E-state index in [0.717, 1.165) is 0 Å². The van der Waals surface area contributed by atoms with Crippen molar-refractivity contribution in [3.8, 4) is 0 Å². The summed E-state index contributed by atoms with van der Waals surface area (Å²) in [4.78, 5) is 0. The molecule has 0 rings (SSSR count). The Hall–Kier alpha value is -0.690. The molecule has 0 aliphatic heterocycles. The maximum Gasteiger partial charge on any atom is 0.397 e. The average molecular weight is 125 g/mol. The molecular formula is H3N3O3S. The van der Waals surface area contributed by atoms with E-state index >= 15 is 0 Å². The van der Waals surface area contributed by atoms with E-state index < -0.39 is 10.3 Å². The molecule has 0 bridgehead atoms. The van der Waals surface area contributed by atoms with Gasteiger partial charge in [0.2, 0.25) is 0 Å². The number of hydrogen-bond acceptors (Lipinski definition) is 3. The van der Waals surface area contributed by atoms with Crippen LogP contribution in [0.4, 0.5) is 0 Å². The molecular weight excluding hydrogens is 122 g/mol. The van der Waals surface area contributed by atoms with Crippen LogP contribution in [0.15, 0.2) is 9.74 Å². The van der Waals surface area contributed by atoms with Crippen LogP contribution in [0.5, 0.6) is 0 Å². The fraction of sp³-hybridized carbons (Fsp3) is 0. The molecule has 0 saturated heterocycles. The minimum atomic E-state index is -4.34. The number of rotatable bonds is 1. The third kappa shape index (κ3) is 5.31. The normalized spacial score (nSPS) is 12.7. The second-order valence-electron chi connectivity index (χ2n) is 0.645. The summed E-state index contributed by atoms with van der Waals surface area (Å²) in [5, 5.41) is 2.29. The average Bonchev–Trinajstić information content (AvgIpc) is 1.30. The van der Waals surface area contributed by atoms with Crippen LogP contribution >= 0.6 is 0 Å². The van der Waals surface area contributed by atoms with Gasteiger partial charge in [0, 0.05) is 0 Å². The van der Waals surface area contributed by atoms with Gasteiger partial charge in [-0.15, -0.1) is 0 Å². The third-order valence-electron chi connectivity index (χ3n) is 0.150. The first kappa shape index (κ1) is 6.31. The van der Waals surface area contributed by atoms with Gasteiger partial charge in [-0.05, 0) is 4.52 Å². The van der Waals surface area contributed by atoms with E-state index in [9.17, 15) is 8.42 Å². The fourth-order valence-electron chi connectivity index (χ4n) is 0.0596. The molecule has 0 aliphatic carbocycles. The number of hydrogen-bond donors (Lipinski definition) is 2. The molecule has 7 heteroatoms. The molecule has 7 heavy (non-hydrogen) atoms. The summed E-state index contributed by atoms with van der Waals surface area (Å²) < 4.78 is 28.7. The maximum atomic E-state index is 9.45. The van der Waals surface area contributed by atoms with Gasteiger partial charge in [0.25, 0.3) is 0 Å². The van der Waals surface area contributed by atoms with Crippen molar-refractivity contribution in [1.29, 1.82) is 0 Å². The van der Waals surface area contributed by atoms with Gasteiger partial charge in [-0.25, -0.2) is 0 Å². The second kappa shape index (κ2) is 1.85. The highest BCUT2D eigenvalue weighted by Gasteiger charge is 1.94. The minimum Gasteiger partial charge on any atom is -0.304 e. The molecule has 0 aromatic rings. The Morgan fingerprint density at radius 1 is 1.57 bits per heavy atom. The van der Waals surface area contributed by atoms with Crippen LogP contribution in [-0.4, -0.2) is 13.0 Å². The molecule has 0 atom stereocenters. The van der Waals surface area contributed by atoms with Crippen LogP contribution < -0.4 is 5.84 Å². The fourth-order valence-corrected chi connectivity index (χ4v) is 0.179. The van der Waals surface area contributed by atoms with Crippen molar-refractivity contribution < 1.29 is 13.0 Å². The lowest BCUT2D eigenvalue weighted by Crippen LogP contribution is -1.90. The van der Waals surface area contributed by atoms with Crippen molar-refractivity contribution in [2.24, 2.45) is 15.6 Å². The zero-order valence-corrected chi connectivity index (χ0v) is 3.96. The van der Waals surface area contributed by atoms with Crippen molar-refractivity contribution in [1.82, 2.24) is 0 Å². The van der Waals surface area contributed by atoms with E-state index in [-0.39, 0.29) is 0 Å². The Bertz CT molecular complexity index is 153. The van der Waals surface area contributed by atoms with Crippen molar-refractivity contribution in [3.63, 3.8) is 0 Å². The van der Waals surface area contributed by atoms with Gasteiger partial charge in [0.15, 0.2) is 0 Å². The van der Waals surface area contributed by atoms with E-state index in [0.29, 0.717) is 0 Å². The zero-order valence-electron chi connectivity index (χ0n) is 3.14.